The number of carbonyl (C=O) groups is 1. The lowest BCUT2D eigenvalue weighted by Gasteiger charge is -2.08. The van der Waals surface area contributed by atoms with Gasteiger partial charge >= 0.3 is 11.2 Å². The first-order valence-corrected chi connectivity index (χ1v) is 6.03. The lowest BCUT2D eigenvalue weighted by molar-refractivity contribution is -0.121. The molecule has 19 heavy (non-hydrogen) atoms. The number of H-pyrrole nitrogens is 1. The van der Waals surface area contributed by atoms with E-state index >= 15 is 0 Å². The van der Waals surface area contributed by atoms with Gasteiger partial charge in [0.05, 0.1) is 0 Å². The van der Waals surface area contributed by atoms with E-state index in [-0.39, 0.29) is 30.6 Å². The molecule has 0 spiro atoms. The summed E-state index contributed by atoms with van der Waals surface area (Å²) in [6, 6.07) is 1.06. The van der Waals surface area contributed by atoms with Crippen LogP contribution < -0.4 is 16.6 Å². The second-order valence-corrected chi connectivity index (χ2v) is 4.54. The third-order valence-corrected chi connectivity index (χ3v) is 2.64. The van der Waals surface area contributed by atoms with Crippen LogP contribution in [-0.2, 0) is 11.3 Å². The van der Waals surface area contributed by atoms with Gasteiger partial charge in [0.25, 0.3) is 5.56 Å². The number of amides is 1. The zero-order valence-corrected chi connectivity index (χ0v) is 10.3. The molecule has 0 bridgehead atoms. The summed E-state index contributed by atoms with van der Waals surface area (Å²) < 4.78 is 36.3. The normalized spacial score (nSPS) is 11.3. The van der Waals surface area contributed by atoms with Gasteiger partial charge in [0.15, 0.2) is 0 Å². The minimum Gasteiger partial charge on any atom is -0.354 e. The van der Waals surface area contributed by atoms with Gasteiger partial charge in [-0.05, 0) is 11.8 Å². The average Bonchev–Trinajstić information content (AvgIpc) is 2.27. The molecule has 6 nitrogen and oxygen atoms in total. The highest BCUT2D eigenvalue weighted by atomic mass is 32.2. The van der Waals surface area contributed by atoms with E-state index in [4.69, 9.17) is 0 Å². The Hall–Kier alpha value is -1.71. The van der Waals surface area contributed by atoms with Crippen LogP contribution in [0.2, 0.25) is 0 Å². The summed E-state index contributed by atoms with van der Waals surface area (Å²) in [6.07, 6.45) is 1.13. The number of aromatic amines is 1. The maximum absolute atomic E-state index is 11.8. The van der Waals surface area contributed by atoms with Crippen molar-refractivity contribution in [1.82, 2.24) is 14.9 Å². The third-order valence-electron chi connectivity index (χ3n) is 1.90. The number of carbonyl (C=O) groups excluding carboxylic acids is 1. The van der Waals surface area contributed by atoms with Gasteiger partial charge in [0.2, 0.25) is 5.91 Å². The molecule has 1 rings (SSSR count). The Kier molecular flexibility index (Phi) is 5.21. The van der Waals surface area contributed by atoms with Gasteiger partial charge in [-0.3, -0.25) is 19.1 Å². The molecule has 0 aliphatic heterocycles. The first-order valence-electron chi connectivity index (χ1n) is 5.05. The Morgan fingerprint density at radius 1 is 1.42 bits per heavy atom. The van der Waals surface area contributed by atoms with Crippen molar-refractivity contribution in [2.24, 2.45) is 0 Å². The molecule has 1 amide bonds. The zero-order chi connectivity index (χ0) is 14.5. The van der Waals surface area contributed by atoms with E-state index in [1.807, 2.05) is 4.98 Å². The third kappa shape index (κ3) is 6.13. The van der Waals surface area contributed by atoms with Crippen molar-refractivity contribution in [3.8, 4) is 0 Å². The van der Waals surface area contributed by atoms with Crippen LogP contribution >= 0.6 is 11.8 Å². The molecule has 0 aliphatic rings. The predicted molar refractivity (Wildman–Crippen MR) is 62.8 cm³/mol. The lowest BCUT2D eigenvalue weighted by Crippen LogP contribution is -2.36. The van der Waals surface area contributed by atoms with Crippen LogP contribution in [0.15, 0.2) is 21.9 Å². The van der Waals surface area contributed by atoms with Crippen molar-refractivity contribution < 1.29 is 18.0 Å². The second-order valence-electron chi connectivity index (χ2n) is 3.38. The van der Waals surface area contributed by atoms with E-state index in [0.29, 0.717) is 0 Å². The molecule has 2 N–H and O–H groups in total. The van der Waals surface area contributed by atoms with Crippen LogP contribution in [0.3, 0.4) is 0 Å². The van der Waals surface area contributed by atoms with E-state index in [1.54, 1.807) is 0 Å². The maximum Gasteiger partial charge on any atom is 0.441 e. The van der Waals surface area contributed by atoms with Crippen LogP contribution in [-0.4, -0.2) is 33.3 Å². The lowest BCUT2D eigenvalue weighted by atomic mass is 10.5. The van der Waals surface area contributed by atoms with Crippen LogP contribution in [0.5, 0.6) is 0 Å². The van der Waals surface area contributed by atoms with Gasteiger partial charge in [0, 0.05) is 24.6 Å². The van der Waals surface area contributed by atoms with Crippen molar-refractivity contribution in [2.45, 2.75) is 12.1 Å². The summed E-state index contributed by atoms with van der Waals surface area (Å²) >= 11 is -0.244. The fourth-order valence-electron chi connectivity index (χ4n) is 1.14. The number of halogens is 3. The summed E-state index contributed by atoms with van der Waals surface area (Å²) in [7, 11) is 0. The Balaban J connectivity index is 2.39. The van der Waals surface area contributed by atoms with Crippen molar-refractivity contribution in [1.29, 1.82) is 0 Å². The SMILES string of the molecule is O=C(Cn1ccc(=O)[nH]c1=O)NCCSC(F)(F)F. The zero-order valence-electron chi connectivity index (χ0n) is 9.49. The Morgan fingerprint density at radius 3 is 2.68 bits per heavy atom. The van der Waals surface area contributed by atoms with Crippen molar-refractivity contribution in [2.75, 3.05) is 12.3 Å². The molecular formula is C9H10F3N3O3S. The molecule has 0 saturated heterocycles. The molecule has 0 atom stereocenters. The second kappa shape index (κ2) is 6.45. The van der Waals surface area contributed by atoms with Crippen molar-refractivity contribution >= 4 is 17.7 Å². The number of nitrogens with zero attached hydrogens (tertiary/aromatic N) is 1. The van der Waals surface area contributed by atoms with Gasteiger partial charge in [0.1, 0.15) is 6.54 Å². The van der Waals surface area contributed by atoms with Gasteiger partial charge < -0.3 is 5.32 Å². The van der Waals surface area contributed by atoms with E-state index in [9.17, 15) is 27.6 Å². The van der Waals surface area contributed by atoms with Crippen LogP contribution in [0, 0.1) is 0 Å². The number of rotatable bonds is 5. The van der Waals surface area contributed by atoms with Gasteiger partial charge in [-0.2, -0.15) is 13.2 Å². The number of thioether (sulfide) groups is 1. The minimum atomic E-state index is -4.33. The summed E-state index contributed by atoms with van der Waals surface area (Å²) in [4.78, 5) is 35.2. The number of alkyl halides is 3. The molecule has 0 saturated carbocycles. The molecule has 1 aromatic rings. The first kappa shape index (κ1) is 15.3. The average molecular weight is 297 g/mol. The van der Waals surface area contributed by atoms with E-state index in [2.05, 4.69) is 5.32 Å². The Morgan fingerprint density at radius 2 is 2.11 bits per heavy atom. The number of nitrogens with one attached hydrogen (secondary N) is 2. The van der Waals surface area contributed by atoms with Gasteiger partial charge in [-0.25, -0.2) is 4.79 Å². The van der Waals surface area contributed by atoms with Gasteiger partial charge in [-0.15, -0.1) is 0 Å². The largest absolute Gasteiger partial charge is 0.441 e. The Bertz CT molecular complexity index is 552. The maximum atomic E-state index is 11.8. The highest BCUT2D eigenvalue weighted by molar-refractivity contribution is 8.00. The smallest absolute Gasteiger partial charge is 0.354 e. The Labute approximate surface area is 109 Å². The molecule has 0 radical (unpaired) electrons. The molecule has 106 valence electrons. The molecule has 0 fully saturated rings. The molecule has 10 heteroatoms. The summed E-state index contributed by atoms with van der Waals surface area (Å²) in [5, 5.41) is 2.23. The van der Waals surface area contributed by atoms with E-state index < -0.39 is 22.7 Å². The van der Waals surface area contributed by atoms with Gasteiger partial charge in [-0.1, -0.05) is 0 Å². The monoisotopic (exact) mass is 297 g/mol. The highest BCUT2D eigenvalue weighted by Crippen LogP contribution is 2.29. The molecule has 0 aromatic carbocycles. The highest BCUT2D eigenvalue weighted by Gasteiger charge is 2.27. The van der Waals surface area contributed by atoms with E-state index in [0.717, 1.165) is 16.8 Å². The summed E-state index contributed by atoms with van der Waals surface area (Å²) in [6.45, 7) is -0.534. The predicted octanol–water partition coefficient (Wildman–Crippen LogP) is -0.0942. The quantitative estimate of drug-likeness (QED) is 0.744. The van der Waals surface area contributed by atoms with Crippen LogP contribution in [0.1, 0.15) is 0 Å². The fraction of sp³-hybridized carbons (Fsp3) is 0.444. The first-order chi connectivity index (χ1) is 8.78. The topological polar surface area (TPSA) is 84.0 Å². The number of hydrogen-bond acceptors (Lipinski definition) is 4. The van der Waals surface area contributed by atoms with Crippen LogP contribution in [0.25, 0.3) is 0 Å². The van der Waals surface area contributed by atoms with Crippen molar-refractivity contribution in [3.05, 3.63) is 33.1 Å². The van der Waals surface area contributed by atoms with Crippen molar-refractivity contribution in [3.63, 3.8) is 0 Å². The molecule has 1 aromatic heterocycles. The fourth-order valence-corrected chi connectivity index (χ4v) is 1.57. The summed E-state index contributed by atoms with van der Waals surface area (Å²) in [5.74, 6) is -0.924. The number of hydrogen-bond donors (Lipinski definition) is 2. The standard InChI is InChI=1S/C9H10F3N3O3S/c10-9(11,12)19-4-2-13-7(17)5-15-3-1-6(16)14-8(15)18/h1,3H,2,4-5H2,(H,13,17)(H,14,16,18). The summed E-state index contributed by atoms with van der Waals surface area (Å²) in [5.41, 5.74) is -5.68. The molecule has 1 heterocycles. The van der Waals surface area contributed by atoms with Crippen LogP contribution in [0.4, 0.5) is 13.2 Å². The molecule has 0 unspecified atom stereocenters. The van der Waals surface area contributed by atoms with E-state index in [1.165, 1.54) is 0 Å². The minimum absolute atomic E-state index is 0.166. The molecule has 0 aliphatic carbocycles. The molecular weight excluding hydrogens is 287 g/mol. The number of aromatic nitrogens is 2.